The van der Waals surface area contributed by atoms with Crippen molar-refractivity contribution in [3.8, 4) is 11.8 Å². The van der Waals surface area contributed by atoms with Crippen LogP contribution in [0.5, 0.6) is 0 Å². The van der Waals surface area contributed by atoms with E-state index < -0.39 is 0 Å². The van der Waals surface area contributed by atoms with E-state index in [9.17, 15) is 0 Å². The summed E-state index contributed by atoms with van der Waals surface area (Å²) in [6, 6.07) is 21.0. The quantitative estimate of drug-likeness (QED) is 0.244. The second kappa shape index (κ2) is 12.6. The summed E-state index contributed by atoms with van der Waals surface area (Å²) in [4.78, 5) is 0. The zero-order valence-electron chi connectivity index (χ0n) is 18.5. The van der Waals surface area contributed by atoms with Crippen LogP contribution in [0.1, 0.15) is 70.9 Å². The van der Waals surface area contributed by atoms with E-state index in [0.29, 0.717) is 0 Å². The van der Waals surface area contributed by atoms with Crippen LogP contribution in [0.4, 0.5) is 0 Å². The van der Waals surface area contributed by atoms with Gasteiger partial charge in [0.05, 0.1) is 0 Å². The molecule has 0 unspecified atom stereocenters. The van der Waals surface area contributed by atoms with Crippen LogP contribution in [0.3, 0.4) is 0 Å². The van der Waals surface area contributed by atoms with Crippen molar-refractivity contribution in [3.05, 3.63) is 94.6 Å². The third kappa shape index (κ3) is 8.00. The van der Waals surface area contributed by atoms with Crippen molar-refractivity contribution < 1.29 is 0 Å². The molecule has 0 aliphatic heterocycles. The molecule has 0 heteroatoms. The van der Waals surface area contributed by atoms with E-state index in [0.717, 1.165) is 12.0 Å². The molecule has 2 aromatic carbocycles. The third-order valence-electron chi connectivity index (χ3n) is 5.00. The molecule has 0 N–H and O–H groups in total. The molecule has 2 aromatic rings. The Balaban J connectivity index is 2.31. The number of hydrogen-bond donors (Lipinski definition) is 0. The van der Waals surface area contributed by atoms with E-state index >= 15 is 0 Å². The molecular weight excluding hydrogens is 348 g/mol. The number of allylic oxidation sites excluding steroid dienone is 5. The molecule has 29 heavy (non-hydrogen) atoms. The van der Waals surface area contributed by atoms with Gasteiger partial charge in [-0.1, -0.05) is 116 Å². The zero-order valence-corrected chi connectivity index (χ0v) is 18.5. The summed E-state index contributed by atoms with van der Waals surface area (Å²) in [6.45, 7) is 8.75. The van der Waals surface area contributed by atoms with Crippen LogP contribution >= 0.6 is 0 Å². The first-order valence-corrected chi connectivity index (χ1v) is 10.8. The smallest absolute Gasteiger partial charge is 0.0310 e. The van der Waals surface area contributed by atoms with Gasteiger partial charge in [0.1, 0.15) is 0 Å². The van der Waals surface area contributed by atoms with Crippen molar-refractivity contribution in [2.24, 2.45) is 0 Å². The highest BCUT2D eigenvalue weighted by atomic mass is 14.1. The molecule has 0 radical (unpaired) electrons. The van der Waals surface area contributed by atoms with Gasteiger partial charge in [0.15, 0.2) is 0 Å². The summed E-state index contributed by atoms with van der Waals surface area (Å²) in [5.41, 5.74) is 7.29. The van der Waals surface area contributed by atoms with Crippen LogP contribution < -0.4 is 0 Å². The van der Waals surface area contributed by atoms with Gasteiger partial charge >= 0.3 is 0 Å². The Hall–Kier alpha value is -2.78. The van der Waals surface area contributed by atoms with Crippen LogP contribution in [-0.4, -0.2) is 0 Å². The minimum Gasteiger partial charge on any atom is -0.0654 e. The monoisotopic (exact) mass is 382 g/mol. The molecule has 0 nitrogen and oxygen atoms in total. The Morgan fingerprint density at radius 3 is 2.07 bits per heavy atom. The van der Waals surface area contributed by atoms with Gasteiger partial charge in [0.2, 0.25) is 0 Å². The summed E-state index contributed by atoms with van der Waals surface area (Å²) < 4.78 is 0. The molecule has 0 aromatic heterocycles. The minimum atomic E-state index is 1.08. The van der Waals surface area contributed by atoms with Crippen LogP contribution in [0, 0.1) is 11.8 Å². The van der Waals surface area contributed by atoms with Crippen LogP contribution in [0.2, 0.25) is 0 Å². The molecule has 0 bridgehead atoms. The van der Waals surface area contributed by atoms with Gasteiger partial charge in [-0.05, 0) is 50.8 Å². The van der Waals surface area contributed by atoms with Gasteiger partial charge < -0.3 is 0 Å². The average molecular weight is 383 g/mol. The van der Waals surface area contributed by atoms with Gasteiger partial charge in [0, 0.05) is 11.1 Å². The molecule has 150 valence electrons. The molecular formula is C29H34. The SMILES string of the molecule is CCCCCC/C(C)=C(\C#CC(/C=C/c1ccccc1)=C(C)C)c1ccccc1. The average Bonchev–Trinajstić information content (AvgIpc) is 2.74. The summed E-state index contributed by atoms with van der Waals surface area (Å²) in [5.74, 6) is 6.97. The highest BCUT2D eigenvalue weighted by molar-refractivity contribution is 5.82. The Kier molecular flexibility index (Phi) is 9.81. The van der Waals surface area contributed by atoms with Crippen molar-refractivity contribution in [2.45, 2.75) is 59.8 Å². The van der Waals surface area contributed by atoms with Gasteiger partial charge in [-0.15, -0.1) is 0 Å². The van der Waals surface area contributed by atoms with Crippen LogP contribution in [0.25, 0.3) is 11.6 Å². The normalized spacial score (nSPS) is 11.6. The third-order valence-corrected chi connectivity index (χ3v) is 5.00. The molecule has 0 aliphatic rings. The number of hydrogen-bond acceptors (Lipinski definition) is 0. The maximum Gasteiger partial charge on any atom is 0.0310 e. The lowest BCUT2D eigenvalue weighted by Crippen LogP contribution is -1.89. The predicted molar refractivity (Wildman–Crippen MR) is 129 cm³/mol. The maximum absolute atomic E-state index is 3.51. The van der Waals surface area contributed by atoms with Crippen molar-refractivity contribution in [1.29, 1.82) is 0 Å². The molecule has 2 rings (SSSR count). The van der Waals surface area contributed by atoms with Crippen molar-refractivity contribution in [1.82, 2.24) is 0 Å². The highest BCUT2D eigenvalue weighted by Gasteiger charge is 2.04. The maximum atomic E-state index is 3.51. The van der Waals surface area contributed by atoms with Gasteiger partial charge in [-0.2, -0.15) is 0 Å². The fourth-order valence-corrected chi connectivity index (χ4v) is 3.18. The summed E-state index contributed by atoms with van der Waals surface area (Å²) >= 11 is 0. The molecule has 0 aliphatic carbocycles. The van der Waals surface area contributed by atoms with Crippen LogP contribution in [0.15, 0.2) is 83.5 Å². The number of rotatable bonds is 8. The molecule has 0 atom stereocenters. The predicted octanol–water partition coefficient (Wildman–Crippen LogP) is 8.48. The zero-order chi connectivity index (χ0) is 20.9. The molecule has 0 heterocycles. The van der Waals surface area contributed by atoms with E-state index in [4.69, 9.17) is 0 Å². The fourth-order valence-electron chi connectivity index (χ4n) is 3.18. The van der Waals surface area contributed by atoms with Gasteiger partial charge in [-0.3, -0.25) is 0 Å². The van der Waals surface area contributed by atoms with E-state index in [1.807, 2.05) is 6.07 Å². The van der Waals surface area contributed by atoms with E-state index in [1.54, 1.807) is 0 Å². The number of unbranched alkanes of at least 4 members (excludes halogenated alkanes) is 3. The summed E-state index contributed by atoms with van der Waals surface area (Å²) in [7, 11) is 0. The highest BCUT2D eigenvalue weighted by Crippen LogP contribution is 2.22. The van der Waals surface area contributed by atoms with E-state index in [-0.39, 0.29) is 0 Å². The Labute approximate surface area is 178 Å². The van der Waals surface area contributed by atoms with E-state index in [2.05, 4.69) is 106 Å². The first-order valence-electron chi connectivity index (χ1n) is 10.8. The second-order valence-electron chi connectivity index (χ2n) is 7.74. The molecule has 0 fully saturated rings. The molecule has 0 spiro atoms. The second-order valence-corrected chi connectivity index (χ2v) is 7.74. The van der Waals surface area contributed by atoms with Crippen molar-refractivity contribution in [3.63, 3.8) is 0 Å². The topological polar surface area (TPSA) is 0 Å². The lowest BCUT2D eigenvalue weighted by atomic mass is 9.96. The molecule has 0 saturated carbocycles. The molecule has 0 saturated heterocycles. The first-order chi connectivity index (χ1) is 14.1. The lowest BCUT2D eigenvalue weighted by Gasteiger charge is -2.08. The Bertz CT molecular complexity index is 893. The molecule has 0 amide bonds. The fraction of sp³-hybridized carbons (Fsp3) is 0.310. The lowest BCUT2D eigenvalue weighted by molar-refractivity contribution is 0.665. The standard InChI is InChI=1S/C29H34/c1-5-6-7-10-15-25(4)29(28-18-13-9-14-19-28)23-22-27(24(2)3)21-20-26-16-11-8-12-17-26/h8-9,11-14,16-21H,5-7,10,15H2,1-4H3/b21-20+,29-25+. The van der Waals surface area contributed by atoms with Crippen LogP contribution in [-0.2, 0) is 0 Å². The van der Waals surface area contributed by atoms with E-state index in [1.165, 1.54) is 53.5 Å². The summed E-state index contributed by atoms with van der Waals surface area (Å²) in [6.07, 6.45) is 10.5. The minimum absolute atomic E-state index is 1.08. The summed E-state index contributed by atoms with van der Waals surface area (Å²) in [5, 5.41) is 0. The number of benzene rings is 2. The van der Waals surface area contributed by atoms with Gasteiger partial charge in [0.25, 0.3) is 0 Å². The van der Waals surface area contributed by atoms with Gasteiger partial charge in [-0.25, -0.2) is 0 Å². The van der Waals surface area contributed by atoms with Crippen molar-refractivity contribution >= 4 is 11.6 Å². The largest absolute Gasteiger partial charge is 0.0654 e. The Morgan fingerprint density at radius 2 is 1.45 bits per heavy atom. The Morgan fingerprint density at radius 1 is 0.793 bits per heavy atom. The first kappa shape index (κ1) is 22.5. The van der Waals surface area contributed by atoms with Crippen molar-refractivity contribution in [2.75, 3.05) is 0 Å².